The zero-order valence-corrected chi connectivity index (χ0v) is 21.7. The Kier molecular flexibility index (Phi) is 7.15. The van der Waals surface area contributed by atoms with E-state index in [0.717, 1.165) is 28.9 Å². The number of anilines is 1. The van der Waals surface area contributed by atoms with Gasteiger partial charge in [-0.2, -0.15) is 27.1 Å². The second-order valence-electron chi connectivity index (χ2n) is 9.18. The maximum Gasteiger partial charge on any atom is 0.416 e. The predicted molar refractivity (Wildman–Crippen MR) is 133 cm³/mol. The SMILES string of the molecule is Cn1nc2c3c(c(NC(=O)c4cc(F)cc(C(F)(F)F)c4)cc2c1COC(F)F)C(O)(c1cc(F)ccc1Cl)NC3=O. The molecule has 4 aromatic rings. The van der Waals surface area contributed by atoms with E-state index in [-0.39, 0.29) is 38.8 Å². The van der Waals surface area contributed by atoms with Gasteiger partial charge >= 0.3 is 12.8 Å². The zero-order valence-electron chi connectivity index (χ0n) is 20.9. The van der Waals surface area contributed by atoms with Crippen molar-refractivity contribution in [1.29, 1.82) is 0 Å². The molecule has 0 saturated carbocycles. The minimum atomic E-state index is -5.00. The maximum absolute atomic E-state index is 14.2. The van der Waals surface area contributed by atoms with Crippen molar-refractivity contribution in [2.24, 2.45) is 7.05 Å². The van der Waals surface area contributed by atoms with Crippen LogP contribution in [0.5, 0.6) is 0 Å². The first-order valence-electron chi connectivity index (χ1n) is 11.7. The number of nitrogens with one attached hydrogen (secondary N) is 2. The molecule has 0 radical (unpaired) electrons. The molecule has 220 valence electrons. The van der Waals surface area contributed by atoms with Crippen LogP contribution < -0.4 is 10.6 Å². The Labute approximate surface area is 235 Å². The van der Waals surface area contributed by atoms with Crippen molar-refractivity contribution in [1.82, 2.24) is 15.1 Å². The predicted octanol–water partition coefficient (Wildman–Crippen LogP) is 5.45. The first-order valence-corrected chi connectivity index (χ1v) is 12.1. The van der Waals surface area contributed by atoms with Gasteiger partial charge in [0.1, 0.15) is 17.2 Å². The number of aryl methyl sites for hydroxylation is 1. The fourth-order valence-corrected chi connectivity index (χ4v) is 4.99. The molecular formula is C26H16ClF7N4O4. The molecule has 0 bridgehead atoms. The van der Waals surface area contributed by atoms with E-state index < -0.39 is 70.9 Å². The largest absolute Gasteiger partial charge is 0.416 e. The van der Waals surface area contributed by atoms with Gasteiger partial charge < -0.3 is 20.5 Å². The molecule has 3 N–H and O–H groups in total. The minimum Gasteiger partial charge on any atom is -0.363 e. The van der Waals surface area contributed by atoms with Crippen LogP contribution in [0.15, 0.2) is 42.5 Å². The number of rotatable bonds is 6. The number of carbonyl (C=O) groups is 2. The number of alkyl halides is 5. The average molecular weight is 617 g/mol. The molecule has 0 fully saturated rings. The molecule has 1 aliphatic rings. The van der Waals surface area contributed by atoms with Crippen LogP contribution in [0.3, 0.4) is 0 Å². The zero-order chi connectivity index (χ0) is 30.7. The Morgan fingerprint density at radius 1 is 1.17 bits per heavy atom. The third kappa shape index (κ3) is 5.03. The number of ether oxygens (including phenoxy) is 1. The number of amides is 2. The number of fused-ring (bicyclic) bond motifs is 3. The minimum absolute atomic E-state index is 0.0132. The van der Waals surface area contributed by atoms with E-state index in [9.17, 15) is 45.4 Å². The number of hydrogen-bond donors (Lipinski definition) is 3. The van der Waals surface area contributed by atoms with Crippen molar-refractivity contribution in [3.63, 3.8) is 0 Å². The lowest BCUT2D eigenvalue weighted by atomic mass is 9.91. The molecule has 16 heteroatoms. The van der Waals surface area contributed by atoms with Crippen LogP contribution in [0.1, 0.15) is 43.1 Å². The second-order valence-corrected chi connectivity index (χ2v) is 9.59. The molecule has 5 rings (SSSR count). The van der Waals surface area contributed by atoms with Crippen LogP contribution in [-0.2, 0) is 30.3 Å². The lowest BCUT2D eigenvalue weighted by Gasteiger charge is -2.27. The smallest absolute Gasteiger partial charge is 0.363 e. The first-order chi connectivity index (χ1) is 19.6. The van der Waals surface area contributed by atoms with E-state index in [1.54, 1.807) is 0 Å². The average Bonchev–Trinajstić information content (AvgIpc) is 3.35. The number of benzene rings is 3. The van der Waals surface area contributed by atoms with Gasteiger partial charge in [0.15, 0.2) is 5.72 Å². The van der Waals surface area contributed by atoms with Gasteiger partial charge in [0.2, 0.25) is 0 Å². The highest BCUT2D eigenvalue weighted by Crippen LogP contribution is 2.46. The molecule has 3 aromatic carbocycles. The number of hydrogen-bond acceptors (Lipinski definition) is 5. The monoisotopic (exact) mass is 616 g/mol. The lowest BCUT2D eigenvalue weighted by molar-refractivity contribution is -0.138. The number of carbonyl (C=O) groups excluding carboxylic acids is 2. The van der Waals surface area contributed by atoms with Crippen LogP contribution in [0, 0.1) is 11.6 Å². The van der Waals surface area contributed by atoms with E-state index in [2.05, 4.69) is 20.5 Å². The molecule has 8 nitrogen and oxygen atoms in total. The van der Waals surface area contributed by atoms with Crippen molar-refractivity contribution in [3.8, 4) is 0 Å². The molecule has 0 spiro atoms. The van der Waals surface area contributed by atoms with Gasteiger partial charge in [0.05, 0.1) is 29.1 Å². The Morgan fingerprint density at radius 3 is 2.55 bits per heavy atom. The van der Waals surface area contributed by atoms with Crippen LogP contribution in [0.2, 0.25) is 5.02 Å². The summed E-state index contributed by atoms with van der Waals surface area (Å²) in [4.78, 5) is 26.4. The van der Waals surface area contributed by atoms with Crippen LogP contribution in [0.4, 0.5) is 36.4 Å². The fourth-order valence-electron chi connectivity index (χ4n) is 4.73. The molecule has 0 aliphatic carbocycles. The number of halogens is 8. The molecule has 0 saturated heterocycles. The van der Waals surface area contributed by atoms with Gasteiger partial charge in [-0.15, -0.1) is 0 Å². The summed E-state index contributed by atoms with van der Waals surface area (Å²) < 4.78 is 99.2. The van der Waals surface area contributed by atoms with Gasteiger partial charge in [-0.25, -0.2) is 8.78 Å². The van der Waals surface area contributed by atoms with Gasteiger partial charge in [0.25, 0.3) is 11.8 Å². The van der Waals surface area contributed by atoms with Crippen molar-refractivity contribution in [2.75, 3.05) is 5.32 Å². The summed E-state index contributed by atoms with van der Waals surface area (Å²) in [5.74, 6) is -4.56. The quantitative estimate of drug-likeness (QED) is 0.250. The molecule has 1 unspecified atom stereocenters. The van der Waals surface area contributed by atoms with Gasteiger partial charge in [-0.3, -0.25) is 14.3 Å². The Bertz CT molecular complexity index is 1780. The summed E-state index contributed by atoms with van der Waals surface area (Å²) in [5.41, 5.74) is -6.68. The molecule has 1 aliphatic heterocycles. The third-order valence-electron chi connectivity index (χ3n) is 6.53. The van der Waals surface area contributed by atoms with E-state index >= 15 is 0 Å². The standard InChI is InChI=1S/C26H16ClF7N4O4/c1-38-18(9-42-24(30)31)14-8-17(35-22(39)10-4-11(26(32,33)34)6-13(29)5-10)20-19(21(14)37-38)23(40)36-25(20,41)15-7-12(28)2-3-16(15)27/h2-8,24,41H,9H2,1H3,(H,35,39)(H,36,40). The first kappa shape index (κ1) is 29.3. The molecular weight excluding hydrogens is 601 g/mol. The summed E-state index contributed by atoms with van der Waals surface area (Å²) in [6, 6.07) is 5.03. The maximum atomic E-state index is 14.2. The third-order valence-corrected chi connectivity index (χ3v) is 6.86. The van der Waals surface area contributed by atoms with Crippen molar-refractivity contribution >= 4 is 40.0 Å². The molecule has 1 aromatic heterocycles. The van der Waals surface area contributed by atoms with Crippen LogP contribution in [-0.4, -0.2) is 33.3 Å². The number of nitrogens with zero attached hydrogens (tertiary/aromatic N) is 2. The summed E-state index contributed by atoms with van der Waals surface area (Å²) in [6.45, 7) is -3.92. The second kappa shape index (κ2) is 10.3. The number of aromatic nitrogens is 2. The summed E-state index contributed by atoms with van der Waals surface area (Å²) in [6.07, 6.45) is -5.00. The lowest BCUT2D eigenvalue weighted by Crippen LogP contribution is -2.41. The molecule has 2 heterocycles. The normalized spacial score (nSPS) is 16.7. The number of aliphatic hydroxyl groups is 1. The van der Waals surface area contributed by atoms with E-state index in [1.165, 1.54) is 7.05 Å². The van der Waals surface area contributed by atoms with Crippen LogP contribution in [0.25, 0.3) is 10.9 Å². The highest BCUT2D eigenvalue weighted by molar-refractivity contribution is 6.31. The van der Waals surface area contributed by atoms with Crippen molar-refractivity contribution < 1.29 is 50.2 Å². The molecule has 2 amide bonds. The molecule has 42 heavy (non-hydrogen) atoms. The summed E-state index contributed by atoms with van der Waals surface area (Å²) in [7, 11) is 1.34. The topological polar surface area (TPSA) is 105 Å². The Morgan fingerprint density at radius 2 is 1.88 bits per heavy atom. The van der Waals surface area contributed by atoms with Gasteiger partial charge in [0, 0.05) is 34.1 Å². The van der Waals surface area contributed by atoms with E-state index in [0.29, 0.717) is 12.1 Å². The van der Waals surface area contributed by atoms with Gasteiger partial charge in [-0.05, 0) is 42.5 Å². The Balaban J connectivity index is 1.75. The van der Waals surface area contributed by atoms with E-state index in [1.807, 2.05) is 0 Å². The van der Waals surface area contributed by atoms with Crippen molar-refractivity contribution in [2.45, 2.75) is 25.1 Å². The van der Waals surface area contributed by atoms with Crippen LogP contribution >= 0.6 is 11.6 Å². The van der Waals surface area contributed by atoms with E-state index in [4.69, 9.17) is 11.6 Å². The fraction of sp³-hybridized carbons (Fsp3) is 0.192. The Hall–Kier alpha value is -4.21. The highest BCUT2D eigenvalue weighted by Gasteiger charge is 2.48. The summed E-state index contributed by atoms with van der Waals surface area (Å²) >= 11 is 6.21. The van der Waals surface area contributed by atoms with Crippen molar-refractivity contribution in [3.05, 3.63) is 92.6 Å². The molecule has 1 atom stereocenters. The van der Waals surface area contributed by atoms with Gasteiger partial charge in [-0.1, -0.05) is 11.6 Å². The summed E-state index contributed by atoms with van der Waals surface area (Å²) in [5, 5.41) is 20.2. The highest BCUT2D eigenvalue weighted by atomic mass is 35.5.